The number of Topliss-reactive ketones (excluding diaryl/α,β-unsaturated/α-hetero) is 1. The molecule has 1 aromatic rings. The molecule has 0 spiro atoms. The highest BCUT2D eigenvalue weighted by atomic mass is 16.3. The molecule has 1 aliphatic carbocycles. The summed E-state index contributed by atoms with van der Waals surface area (Å²) in [5, 5.41) is 0. The molecule has 0 saturated heterocycles. The lowest BCUT2D eigenvalue weighted by Gasteiger charge is -2.24. The number of carbonyl (C=O) groups is 1. The zero-order valence-corrected chi connectivity index (χ0v) is 7.54. The standard InChI is InChI=1S/C12H8O2/c1-3-12(4-2)7-5-10-9(11(12)13)6-8-14-10/h1-2,6,8H,5,7H2. The number of rotatable bonds is 0. The maximum atomic E-state index is 11.9. The maximum absolute atomic E-state index is 11.9. The number of carbonyl (C=O) groups excluding carboxylic acids is 1. The van der Waals surface area contributed by atoms with Crippen molar-refractivity contribution in [3.63, 3.8) is 0 Å². The fourth-order valence-electron chi connectivity index (χ4n) is 1.70. The number of hydrogen-bond donors (Lipinski definition) is 0. The summed E-state index contributed by atoms with van der Waals surface area (Å²) in [6, 6.07) is 1.63. The molecule has 0 amide bonds. The molecule has 0 unspecified atom stereocenters. The van der Waals surface area contributed by atoms with Gasteiger partial charge in [-0.05, 0) is 12.5 Å². The van der Waals surface area contributed by atoms with E-state index in [1.807, 2.05) is 0 Å². The van der Waals surface area contributed by atoms with Gasteiger partial charge in [-0.15, -0.1) is 12.8 Å². The van der Waals surface area contributed by atoms with Crippen LogP contribution in [0, 0.1) is 30.1 Å². The molecule has 1 aromatic heterocycles. The molecule has 2 nitrogen and oxygen atoms in total. The zero-order chi connectivity index (χ0) is 10.2. The van der Waals surface area contributed by atoms with Crippen LogP contribution in [0.5, 0.6) is 0 Å². The summed E-state index contributed by atoms with van der Waals surface area (Å²) in [4.78, 5) is 11.9. The van der Waals surface area contributed by atoms with Gasteiger partial charge in [-0.2, -0.15) is 0 Å². The lowest BCUT2D eigenvalue weighted by molar-refractivity contribution is 0.0886. The van der Waals surface area contributed by atoms with Crippen LogP contribution in [0.1, 0.15) is 22.5 Å². The number of terminal acetylenes is 2. The normalized spacial score (nSPS) is 18.0. The average Bonchev–Trinajstić information content (AvgIpc) is 2.68. The Labute approximate surface area is 82.3 Å². The molecular weight excluding hydrogens is 176 g/mol. The van der Waals surface area contributed by atoms with Crippen molar-refractivity contribution in [1.29, 1.82) is 0 Å². The Morgan fingerprint density at radius 2 is 2.14 bits per heavy atom. The smallest absolute Gasteiger partial charge is 0.196 e. The molecule has 0 atom stereocenters. The summed E-state index contributed by atoms with van der Waals surface area (Å²) < 4.78 is 5.15. The van der Waals surface area contributed by atoms with Crippen molar-refractivity contribution in [2.45, 2.75) is 12.8 Å². The highest BCUT2D eigenvalue weighted by Gasteiger charge is 2.40. The second-order valence-corrected chi connectivity index (χ2v) is 3.28. The highest BCUT2D eigenvalue weighted by Crippen LogP contribution is 2.34. The molecule has 0 bridgehead atoms. The van der Waals surface area contributed by atoms with Gasteiger partial charge in [-0.25, -0.2) is 0 Å². The SMILES string of the molecule is C#CC1(C#C)CCc2occc2C1=O. The number of ketones is 1. The molecule has 0 radical (unpaired) electrons. The molecule has 0 aromatic carbocycles. The molecule has 2 rings (SSSR count). The van der Waals surface area contributed by atoms with Gasteiger partial charge < -0.3 is 4.42 Å². The van der Waals surface area contributed by atoms with E-state index in [0.717, 1.165) is 0 Å². The van der Waals surface area contributed by atoms with Gasteiger partial charge in [0.15, 0.2) is 11.2 Å². The van der Waals surface area contributed by atoms with Crippen LogP contribution in [0.25, 0.3) is 0 Å². The first-order chi connectivity index (χ1) is 6.73. The minimum Gasteiger partial charge on any atom is -0.469 e. The van der Waals surface area contributed by atoms with Crippen LogP contribution in [0.2, 0.25) is 0 Å². The van der Waals surface area contributed by atoms with Crippen LogP contribution in [0.3, 0.4) is 0 Å². The Balaban J connectivity index is 2.56. The zero-order valence-electron chi connectivity index (χ0n) is 7.54. The van der Waals surface area contributed by atoms with Crippen molar-refractivity contribution in [1.82, 2.24) is 0 Å². The quantitative estimate of drug-likeness (QED) is 0.574. The summed E-state index contributed by atoms with van der Waals surface area (Å²) in [6.07, 6.45) is 13.2. The van der Waals surface area contributed by atoms with E-state index in [-0.39, 0.29) is 5.78 Å². The molecule has 1 heterocycles. The first kappa shape index (κ1) is 8.66. The second-order valence-electron chi connectivity index (χ2n) is 3.28. The van der Waals surface area contributed by atoms with Gasteiger partial charge in [0.25, 0.3) is 0 Å². The van der Waals surface area contributed by atoms with Crippen molar-refractivity contribution in [3.05, 3.63) is 23.7 Å². The van der Waals surface area contributed by atoms with E-state index in [0.29, 0.717) is 24.2 Å². The summed E-state index contributed by atoms with van der Waals surface area (Å²) in [5.74, 6) is 5.35. The molecule has 68 valence electrons. The lowest BCUT2D eigenvalue weighted by atomic mass is 9.74. The fourth-order valence-corrected chi connectivity index (χ4v) is 1.70. The first-order valence-electron chi connectivity index (χ1n) is 4.30. The van der Waals surface area contributed by atoms with Crippen molar-refractivity contribution in [2.75, 3.05) is 0 Å². The summed E-state index contributed by atoms with van der Waals surface area (Å²) in [5.41, 5.74) is -0.524. The molecule has 1 aliphatic rings. The maximum Gasteiger partial charge on any atom is 0.196 e. The minimum absolute atomic E-state index is 0.183. The molecular formula is C12H8O2. The summed E-state index contributed by atoms with van der Waals surface area (Å²) in [6.45, 7) is 0. The Morgan fingerprint density at radius 3 is 2.79 bits per heavy atom. The van der Waals surface area contributed by atoms with Gasteiger partial charge in [-0.3, -0.25) is 4.79 Å². The van der Waals surface area contributed by atoms with Crippen molar-refractivity contribution in [3.8, 4) is 24.7 Å². The van der Waals surface area contributed by atoms with Gasteiger partial charge in [0.2, 0.25) is 0 Å². The topological polar surface area (TPSA) is 30.2 Å². The third-order valence-electron chi connectivity index (χ3n) is 2.60. The van der Waals surface area contributed by atoms with E-state index in [9.17, 15) is 4.79 Å². The largest absolute Gasteiger partial charge is 0.469 e. The third kappa shape index (κ3) is 0.916. The highest BCUT2D eigenvalue weighted by molar-refractivity contribution is 6.06. The lowest BCUT2D eigenvalue weighted by Crippen LogP contribution is -2.32. The fraction of sp³-hybridized carbons (Fsp3) is 0.250. The van der Waals surface area contributed by atoms with Crippen molar-refractivity contribution < 1.29 is 9.21 Å². The monoisotopic (exact) mass is 184 g/mol. The minimum atomic E-state index is -1.06. The van der Waals surface area contributed by atoms with Gasteiger partial charge in [-0.1, -0.05) is 11.8 Å². The van der Waals surface area contributed by atoms with E-state index in [1.165, 1.54) is 6.26 Å². The van der Waals surface area contributed by atoms with E-state index < -0.39 is 5.41 Å². The summed E-state index contributed by atoms with van der Waals surface area (Å²) in [7, 11) is 0. The predicted molar refractivity (Wildman–Crippen MR) is 51.5 cm³/mol. The van der Waals surface area contributed by atoms with Crippen LogP contribution < -0.4 is 0 Å². The summed E-state index contributed by atoms with van der Waals surface area (Å²) >= 11 is 0. The van der Waals surface area contributed by atoms with E-state index in [4.69, 9.17) is 17.3 Å². The van der Waals surface area contributed by atoms with Gasteiger partial charge >= 0.3 is 0 Å². The number of aryl methyl sites for hydroxylation is 1. The van der Waals surface area contributed by atoms with Crippen LogP contribution in [-0.4, -0.2) is 5.78 Å². The van der Waals surface area contributed by atoms with Crippen LogP contribution in [0.15, 0.2) is 16.7 Å². The van der Waals surface area contributed by atoms with Gasteiger partial charge in [0.1, 0.15) is 5.76 Å². The third-order valence-corrected chi connectivity index (χ3v) is 2.60. The number of furan rings is 1. The molecule has 2 heteroatoms. The van der Waals surface area contributed by atoms with E-state index in [2.05, 4.69) is 11.8 Å². The van der Waals surface area contributed by atoms with Gasteiger partial charge in [0.05, 0.1) is 11.8 Å². The Bertz CT molecular complexity index is 451. The van der Waals surface area contributed by atoms with Crippen molar-refractivity contribution >= 4 is 5.78 Å². The first-order valence-corrected chi connectivity index (χ1v) is 4.30. The number of fused-ring (bicyclic) bond motifs is 1. The Kier molecular flexibility index (Phi) is 1.72. The second kappa shape index (κ2) is 2.79. The Hall–Kier alpha value is -1.93. The van der Waals surface area contributed by atoms with Gasteiger partial charge in [0, 0.05) is 6.42 Å². The van der Waals surface area contributed by atoms with E-state index in [1.54, 1.807) is 6.07 Å². The molecule has 14 heavy (non-hydrogen) atoms. The molecule has 0 saturated carbocycles. The van der Waals surface area contributed by atoms with E-state index >= 15 is 0 Å². The van der Waals surface area contributed by atoms with Crippen molar-refractivity contribution in [2.24, 2.45) is 5.41 Å². The number of hydrogen-bond acceptors (Lipinski definition) is 2. The Morgan fingerprint density at radius 1 is 1.43 bits per heavy atom. The van der Waals surface area contributed by atoms with Crippen LogP contribution in [-0.2, 0) is 6.42 Å². The molecule has 0 aliphatic heterocycles. The molecule has 0 fully saturated rings. The average molecular weight is 184 g/mol. The van der Waals surface area contributed by atoms with Crippen LogP contribution in [0.4, 0.5) is 0 Å². The predicted octanol–water partition coefficient (Wildman–Crippen LogP) is 1.66. The molecule has 0 N–H and O–H groups in total. The van der Waals surface area contributed by atoms with Crippen LogP contribution >= 0.6 is 0 Å².